The summed E-state index contributed by atoms with van der Waals surface area (Å²) in [5.41, 5.74) is 0.858. The molecule has 1 aromatic heterocycles. The lowest BCUT2D eigenvalue weighted by Gasteiger charge is -2.04. The molecule has 82 valence electrons. The number of pyridine rings is 1. The maximum absolute atomic E-state index is 10.3. The van der Waals surface area contributed by atoms with Crippen LogP contribution in [0.15, 0.2) is 16.7 Å². The van der Waals surface area contributed by atoms with E-state index in [0.717, 1.165) is 10.2 Å². The van der Waals surface area contributed by atoms with Gasteiger partial charge in [-0.15, -0.1) is 0 Å². The summed E-state index contributed by atoms with van der Waals surface area (Å²) in [6.07, 6.45) is 3.03. The molecule has 0 fully saturated rings. The third kappa shape index (κ3) is 3.87. The van der Waals surface area contributed by atoms with Crippen LogP contribution in [0.25, 0.3) is 0 Å². The first-order valence-electron chi connectivity index (χ1n) is 4.53. The maximum atomic E-state index is 10.3. The predicted octanol–water partition coefficient (Wildman–Crippen LogP) is 2.26. The van der Waals surface area contributed by atoms with Crippen molar-refractivity contribution >= 4 is 21.9 Å². The quantitative estimate of drug-likeness (QED) is 0.894. The van der Waals surface area contributed by atoms with Crippen LogP contribution < -0.4 is 4.74 Å². The Hall–Kier alpha value is -1.10. The van der Waals surface area contributed by atoms with Crippen molar-refractivity contribution in [3.8, 4) is 5.75 Å². The molecule has 0 aliphatic carbocycles. The molecule has 0 radical (unpaired) electrons. The van der Waals surface area contributed by atoms with Crippen molar-refractivity contribution in [2.24, 2.45) is 0 Å². The highest BCUT2D eigenvalue weighted by Crippen LogP contribution is 2.21. The van der Waals surface area contributed by atoms with Gasteiger partial charge in [0.05, 0.1) is 19.0 Å². The molecule has 0 aromatic carbocycles. The van der Waals surface area contributed by atoms with Crippen molar-refractivity contribution in [3.05, 3.63) is 22.4 Å². The summed E-state index contributed by atoms with van der Waals surface area (Å²) in [5.74, 6) is -0.0940. The fourth-order valence-electron chi connectivity index (χ4n) is 1.15. The van der Waals surface area contributed by atoms with Crippen molar-refractivity contribution in [1.29, 1.82) is 0 Å². The van der Waals surface area contributed by atoms with Crippen molar-refractivity contribution < 1.29 is 14.6 Å². The summed E-state index contributed by atoms with van der Waals surface area (Å²) >= 11 is 3.37. The van der Waals surface area contributed by atoms with Crippen LogP contribution >= 0.6 is 15.9 Å². The van der Waals surface area contributed by atoms with Gasteiger partial charge in [0.15, 0.2) is 0 Å². The SMILES string of the molecule is COc1cnc(CCCC(=O)O)c(Br)c1. The highest BCUT2D eigenvalue weighted by molar-refractivity contribution is 9.10. The number of carboxylic acid groups (broad SMARTS) is 1. The number of ether oxygens (including phenoxy) is 1. The Kier molecular flexibility index (Phi) is 4.55. The molecular weight excluding hydrogens is 262 g/mol. The fourth-order valence-corrected chi connectivity index (χ4v) is 1.68. The first-order valence-corrected chi connectivity index (χ1v) is 5.33. The number of carboxylic acids is 1. The van der Waals surface area contributed by atoms with E-state index in [1.807, 2.05) is 6.07 Å². The van der Waals surface area contributed by atoms with Gasteiger partial charge in [0, 0.05) is 10.9 Å². The average Bonchev–Trinajstić information content (AvgIpc) is 2.20. The van der Waals surface area contributed by atoms with Gasteiger partial charge in [0.1, 0.15) is 5.75 Å². The largest absolute Gasteiger partial charge is 0.495 e. The van der Waals surface area contributed by atoms with Gasteiger partial charge in [-0.25, -0.2) is 0 Å². The molecule has 0 atom stereocenters. The molecule has 0 bridgehead atoms. The molecule has 0 saturated heterocycles. The number of nitrogens with zero attached hydrogens (tertiary/aromatic N) is 1. The minimum absolute atomic E-state index is 0.167. The molecule has 4 nitrogen and oxygen atoms in total. The molecule has 0 unspecified atom stereocenters. The number of hydrogen-bond donors (Lipinski definition) is 1. The molecule has 0 amide bonds. The van der Waals surface area contributed by atoms with Gasteiger partial charge in [-0.05, 0) is 34.8 Å². The van der Waals surface area contributed by atoms with Crippen molar-refractivity contribution in [2.45, 2.75) is 19.3 Å². The summed E-state index contributed by atoms with van der Waals surface area (Å²) in [6, 6.07) is 1.82. The van der Waals surface area contributed by atoms with E-state index in [1.165, 1.54) is 0 Å². The Morgan fingerprint density at radius 3 is 2.93 bits per heavy atom. The molecule has 1 heterocycles. The fraction of sp³-hybridized carbons (Fsp3) is 0.400. The molecular formula is C10H12BrNO3. The van der Waals surface area contributed by atoms with Gasteiger partial charge in [0.2, 0.25) is 0 Å². The van der Waals surface area contributed by atoms with E-state index in [1.54, 1.807) is 13.3 Å². The van der Waals surface area contributed by atoms with Gasteiger partial charge in [-0.3, -0.25) is 9.78 Å². The second-order valence-corrected chi connectivity index (χ2v) is 3.91. The standard InChI is InChI=1S/C10H12BrNO3/c1-15-7-5-8(11)9(12-6-7)3-2-4-10(13)14/h5-6H,2-4H2,1H3,(H,13,14). The van der Waals surface area contributed by atoms with Crippen LogP contribution in [0.3, 0.4) is 0 Å². The Labute approximate surface area is 96.4 Å². The Morgan fingerprint density at radius 1 is 1.67 bits per heavy atom. The molecule has 0 aliphatic heterocycles. The lowest BCUT2D eigenvalue weighted by molar-refractivity contribution is -0.137. The zero-order valence-electron chi connectivity index (χ0n) is 8.36. The number of halogens is 1. The smallest absolute Gasteiger partial charge is 0.303 e. The van der Waals surface area contributed by atoms with Crippen molar-refractivity contribution in [3.63, 3.8) is 0 Å². The number of aryl methyl sites for hydroxylation is 1. The second-order valence-electron chi connectivity index (χ2n) is 3.05. The van der Waals surface area contributed by atoms with E-state index in [9.17, 15) is 4.79 Å². The van der Waals surface area contributed by atoms with E-state index in [4.69, 9.17) is 9.84 Å². The normalized spacial score (nSPS) is 10.0. The van der Waals surface area contributed by atoms with E-state index >= 15 is 0 Å². The lowest BCUT2D eigenvalue weighted by Crippen LogP contribution is -1.98. The number of carbonyl (C=O) groups is 1. The first-order chi connectivity index (χ1) is 7.13. The number of methoxy groups -OCH3 is 1. The summed E-state index contributed by atoms with van der Waals surface area (Å²) in [6.45, 7) is 0. The third-order valence-corrected chi connectivity index (χ3v) is 2.62. The van der Waals surface area contributed by atoms with Crippen LogP contribution in [0.1, 0.15) is 18.5 Å². The van der Waals surface area contributed by atoms with Crippen LogP contribution in [-0.4, -0.2) is 23.2 Å². The highest BCUT2D eigenvalue weighted by Gasteiger charge is 2.04. The zero-order chi connectivity index (χ0) is 11.3. The molecule has 5 heteroatoms. The van der Waals surface area contributed by atoms with Crippen molar-refractivity contribution in [1.82, 2.24) is 4.98 Å². The van der Waals surface area contributed by atoms with E-state index < -0.39 is 5.97 Å². The summed E-state index contributed by atoms with van der Waals surface area (Å²) in [5, 5.41) is 8.49. The third-order valence-electron chi connectivity index (χ3n) is 1.93. The van der Waals surface area contributed by atoms with Crippen LogP contribution in [0.5, 0.6) is 5.75 Å². The van der Waals surface area contributed by atoms with Crippen LogP contribution in [0, 0.1) is 0 Å². The molecule has 1 N–H and O–H groups in total. The Morgan fingerprint density at radius 2 is 2.40 bits per heavy atom. The number of hydrogen-bond acceptors (Lipinski definition) is 3. The first kappa shape index (κ1) is 12.0. The molecule has 0 saturated carbocycles. The summed E-state index contributed by atoms with van der Waals surface area (Å²) < 4.78 is 5.86. The summed E-state index contributed by atoms with van der Waals surface area (Å²) in [4.78, 5) is 14.5. The van der Waals surface area contributed by atoms with Gasteiger partial charge in [-0.2, -0.15) is 0 Å². The highest BCUT2D eigenvalue weighted by atomic mass is 79.9. The molecule has 0 spiro atoms. The summed E-state index contributed by atoms with van der Waals surface area (Å²) in [7, 11) is 1.58. The zero-order valence-corrected chi connectivity index (χ0v) is 9.95. The minimum Gasteiger partial charge on any atom is -0.495 e. The number of aromatic nitrogens is 1. The Bertz CT molecular complexity index is 355. The molecule has 1 rings (SSSR count). The van der Waals surface area contributed by atoms with Gasteiger partial charge in [-0.1, -0.05) is 0 Å². The van der Waals surface area contributed by atoms with Gasteiger partial charge < -0.3 is 9.84 Å². The Balaban J connectivity index is 2.58. The van der Waals surface area contributed by atoms with Crippen LogP contribution in [0.4, 0.5) is 0 Å². The topological polar surface area (TPSA) is 59.4 Å². The predicted molar refractivity (Wildman–Crippen MR) is 59.1 cm³/mol. The van der Waals surface area contributed by atoms with Gasteiger partial charge in [0.25, 0.3) is 0 Å². The monoisotopic (exact) mass is 273 g/mol. The van der Waals surface area contributed by atoms with Crippen LogP contribution in [0.2, 0.25) is 0 Å². The molecule has 0 aliphatic rings. The van der Waals surface area contributed by atoms with Crippen molar-refractivity contribution in [2.75, 3.05) is 7.11 Å². The average molecular weight is 274 g/mol. The molecule has 1 aromatic rings. The maximum Gasteiger partial charge on any atom is 0.303 e. The van der Waals surface area contributed by atoms with E-state index in [0.29, 0.717) is 18.6 Å². The van der Waals surface area contributed by atoms with Crippen LogP contribution in [-0.2, 0) is 11.2 Å². The second kappa shape index (κ2) is 5.70. The van der Waals surface area contributed by atoms with E-state index in [2.05, 4.69) is 20.9 Å². The lowest BCUT2D eigenvalue weighted by atomic mass is 10.2. The molecule has 15 heavy (non-hydrogen) atoms. The van der Waals surface area contributed by atoms with Gasteiger partial charge >= 0.3 is 5.97 Å². The van der Waals surface area contributed by atoms with E-state index in [-0.39, 0.29) is 6.42 Å². The number of aliphatic carboxylic acids is 1. The number of rotatable bonds is 5. The minimum atomic E-state index is -0.778.